The summed E-state index contributed by atoms with van der Waals surface area (Å²) < 4.78 is 23.0. The third kappa shape index (κ3) is 4.14. The van der Waals surface area contributed by atoms with Crippen LogP contribution in [0.3, 0.4) is 0 Å². The fourth-order valence-corrected chi connectivity index (χ4v) is 0.299. The molecule has 0 atom stereocenters. The first-order chi connectivity index (χ1) is 4.54. The topological polar surface area (TPSA) is 47.7 Å². The fraction of sp³-hybridized carbons (Fsp3) is 0.200. The van der Waals surface area contributed by atoms with E-state index in [1.165, 1.54) is 0 Å². The Hall–Kier alpha value is -0.770. The lowest BCUT2D eigenvalue weighted by molar-refractivity contribution is 0.226. The molecule has 0 aromatic heterocycles. The summed E-state index contributed by atoms with van der Waals surface area (Å²) in [5, 5.41) is 12.7. The molecule has 0 radical (unpaired) electrons. The molecule has 0 amide bonds. The van der Waals surface area contributed by atoms with Gasteiger partial charge in [-0.15, -0.1) is 0 Å². The number of hydrogen-bond acceptors (Lipinski definition) is 2. The van der Waals surface area contributed by atoms with Crippen LogP contribution in [0.1, 0.15) is 0 Å². The number of allylic oxidation sites excluding steroid dienone is 2. The van der Waals surface area contributed by atoms with Crippen LogP contribution in [0.25, 0.3) is 0 Å². The average molecular weight is 167 g/mol. The van der Waals surface area contributed by atoms with Gasteiger partial charge in [0.05, 0.1) is 5.71 Å². The van der Waals surface area contributed by atoms with Gasteiger partial charge in [-0.3, -0.25) is 10.8 Å². The number of alkyl halides is 2. The van der Waals surface area contributed by atoms with Crippen molar-refractivity contribution in [3.63, 3.8) is 0 Å². The van der Waals surface area contributed by atoms with Gasteiger partial charge < -0.3 is 0 Å². The first-order valence-corrected chi connectivity index (χ1v) is 2.70. The molecule has 0 aliphatic heterocycles. The molecule has 0 fully saturated rings. The van der Waals surface area contributed by atoms with Crippen molar-refractivity contribution in [2.45, 2.75) is 6.43 Å². The van der Waals surface area contributed by atoms with E-state index in [0.717, 1.165) is 12.2 Å². The van der Waals surface area contributed by atoms with Gasteiger partial charge in [-0.05, 0) is 12.2 Å². The quantitative estimate of drug-likeness (QED) is 0.603. The van der Waals surface area contributed by atoms with E-state index in [1.807, 2.05) is 0 Å². The summed E-state index contributed by atoms with van der Waals surface area (Å²) in [7, 11) is 0. The molecule has 0 saturated heterocycles. The van der Waals surface area contributed by atoms with Gasteiger partial charge in [0, 0.05) is 0 Å². The summed E-state index contributed by atoms with van der Waals surface area (Å²) in [4.78, 5) is 0. The van der Waals surface area contributed by atoms with Gasteiger partial charge in [-0.2, -0.15) is 0 Å². The van der Waals surface area contributed by atoms with E-state index >= 15 is 0 Å². The van der Waals surface area contributed by atoms with Crippen LogP contribution in [0.4, 0.5) is 8.78 Å². The molecule has 0 bridgehead atoms. The first-order valence-electron chi connectivity index (χ1n) is 2.32. The standard InChI is InChI=1S/C5H5ClF2N2/c6-4(10)2-1-3(9)5(7)8/h1-2,5,9-10H/b2-1-,9-3?,10-4?. The van der Waals surface area contributed by atoms with Crippen LogP contribution in [-0.4, -0.2) is 17.3 Å². The van der Waals surface area contributed by atoms with Crippen molar-refractivity contribution < 1.29 is 8.78 Å². The summed E-state index contributed by atoms with van der Waals surface area (Å²) in [6.07, 6.45) is -1.08. The molecule has 5 heteroatoms. The minimum atomic E-state index is -2.80. The number of nitrogens with one attached hydrogen (secondary N) is 2. The van der Waals surface area contributed by atoms with Gasteiger partial charge >= 0.3 is 0 Å². The van der Waals surface area contributed by atoms with Crippen molar-refractivity contribution in [3.8, 4) is 0 Å². The predicted molar refractivity (Wildman–Crippen MR) is 36.5 cm³/mol. The Morgan fingerprint density at radius 3 is 2.10 bits per heavy atom. The van der Waals surface area contributed by atoms with E-state index in [0.29, 0.717) is 0 Å². The van der Waals surface area contributed by atoms with Crippen molar-refractivity contribution in [1.29, 1.82) is 10.8 Å². The zero-order valence-electron chi connectivity index (χ0n) is 4.87. The third-order valence-electron chi connectivity index (χ3n) is 0.644. The summed E-state index contributed by atoms with van der Waals surface area (Å²) >= 11 is 4.98. The van der Waals surface area contributed by atoms with Crippen molar-refractivity contribution in [3.05, 3.63) is 12.2 Å². The molecule has 10 heavy (non-hydrogen) atoms. The van der Waals surface area contributed by atoms with Gasteiger partial charge in [0.2, 0.25) is 0 Å². The number of rotatable bonds is 3. The maximum absolute atomic E-state index is 11.5. The SMILES string of the molecule is N=C(Cl)/C=C\C(=N)C(F)F. The molecule has 0 unspecified atom stereocenters. The zero-order valence-corrected chi connectivity index (χ0v) is 5.62. The highest BCUT2D eigenvalue weighted by atomic mass is 35.5. The number of hydrogen-bond donors (Lipinski definition) is 2. The highest BCUT2D eigenvalue weighted by Gasteiger charge is 2.05. The van der Waals surface area contributed by atoms with E-state index in [9.17, 15) is 8.78 Å². The zero-order chi connectivity index (χ0) is 8.15. The Morgan fingerprint density at radius 1 is 1.30 bits per heavy atom. The Labute approximate surface area is 61.5 Å². The maximum atomic E-state index is 11.5. The summed E-state index contributed by atoms with van der Waals surface area (Å²) in [5.41, 5.74) is -0.842. The average Bonchev–Trinajstić information content (AvgIpc) is 1.82. The van der Waals surface area contributed by atoms with Crippen LogP contribution < -0.4 is 0 Å². The van der Waals surface area contributed by atoms with E-state index in [1.54, 1.807) is 0 Å². The van der Waals surface area contributed by atoms with Crippen LogP contribution in [-0.2, 0) is 0 Å². The molecule has 56 valence electrons. The summed E-state index contributed by atoms with van der Waals surface area (Å²) in [5.74, 6) is 0. The second kappa shape index (κ2) is 4.11. The molecule has 0 rings (SSSR count). The second-order valence-corrected chi connectivity index (χ2v) is 1.84. The Bertz CT molecular complexity index is 176. The van der Waals surface area contributed by atoms with Crippen molar-refractivity contribution in [2.24, 2.45) is 0 Å². The van der Waals surface area contributed by atoms with Crippen molar-refractivity contribution in [2.75, 3.05) is 0 Å². The smallest absolute Gasteiger partial charge is 0.279 e. The first kappa shape index (κ1) is 9.23. The van der Waals surface area contributed by atoms with E-state index in [-0.39, 0.29) is 5.17 Å². The lowest BCUT2D eigenvalue weighted by Crippen LogP contribution is -2.04. The largest absolute Gasteiger partial charge is 0.299 e. The van der Waals surface area contributed by atoms with Crippen molar-refractivity contribution in [1.82, 2.24) is 0 Å². The normalized spacial score (nSPS) is 10.8. The Balaban J connectivity index is 3.90. The monoisotopic (exact) mass is 166 g/mol. The van der Waals surface area contributed by atoms with Gasteiger partial charge in [0.15, 0.2) is 0 Å². The van der Waals surface area contributed by atoms with Gasteiger partial charge in [-0.1, -0.05) is 11.6 Å². The molecule has 0 aliphatic carbocycles. The molecule has 2 N–H and O–H groups in total. The highest BCUT2D eigenvalue weighted by molar-refractivity contribution is 6.67. The van der Waals surface area contributed by atoms with Crippen LogP contribution in [0, 0.1) is 10.8 Å². The van der Waals surface area contributed by atoms with Gasteiger partial charge in [0.1, 0.15) is 5.17 Å². The lowest BCUT2D eigenvalue weighted by Gasteiger charge is -1.91. The predicted octanol–water partition coefficient (Wildman–Crippen LogP) is 2.04. The molecule has 0 aromatic rings. The molecule has 0 heterocycles. The fourth-order valence-electron chi connectivity index (χ4n) is 0.236. The third-order valence-corrected chi connectivity index (χ3v) is 0.770. The van der Waals surface area contributed by atoms with Crippen LogP contribution in [0.2, 0.25) is 0 Å². The summed E-state index contributed by atoms with van der Waals surface area (Å²) in [6, 6.07) is 0. The van der Waals surface area contributed by atoms with Gasteiger partial charge in [-0.25, -0.2) is 8.78 Å². The second-order valence-electron chi connectivity index (χ2n) is 1.44. The molecule has 0 saturated carbocycles. The minimum Gasteiger partial charge on any atom is -0.299 e. The van der Waals surface area contributed by atoms with E-state index < -0.39 is 12.1 Å². The van der Waals surface area contributed by atoms with Gasteiger partial charge in [0.25, 0.3) is 6.43 Å². The molecule has 0 aromatic carbocycles. The van der Waals surface area contributed by atoms with Crippen LogP contribution >= 0.6 is 11.6 Å². The van der Waals surface area contributed by atoms with E-state index in [4.69, 9.17) is 22.4 Å². The highest BCUT2D eigenvalue weighted by Crippen LogP contribution is 1.96. The Kier molecular flexibility index (Phi) is 3.79. The van der Waals surface area contributed by atoms with E-state index in [2.05, 4.69) is 0 Å². The molecule has 0 spiro atoms. The van der Waals surface area contributed by atoms with Crippen molar-refractivity contribution >= 4 is 22.5 Å². The Morgan fingerprint density at radius 2 is 1.80 bits per heavy atom. The van der Waals surface area contributed by atoms with Crippen LogP contribution in [0.15, 0.2) is 12.2 Å². The lowest BCUT2D eigenvalue weighted by atomic mass is 10.3. The molecule has 0 aliphatic rings. The summed E-state index contributed by atoms with van der Waals surface area (Å²) in [6.45, 7) is 0. The molecular weight excluding hydrogens is 162 g/mol. The molecular formula is C5H5ClF2N2. The minimum absolute atomic E-state index is 0.370. The number of halogens is 3. The maximum Gasteiger partial charge on any atom is 0.279 e. The van der Waals surface area contributed by atoms with Crippen LogP contribution in [0.5, 0.6) is 0 Å². The molecule has 2 nitrogen and oxygen atoms in total.